The number of carbonyl (C=O) groups is 2. The van der Waals surface area contributed by atoms with E-state index < -0.39 is 11.9 Å². The van der Waals surface area contributed by atoms with Crippen LogP contribution in [0.5, 0.6) is 0 Å². The molecule has 1 aliphatic carbocycles. The Hall–Kier alpha value is -2.56. The molecule has 1 aromatic carbocycles. The minimum Gasteiger partial charge on any atom is -0.481 e. The third-order valence-electron chi connectivity index (χ3n) is 3.07. The molecular weight excluding hydrogens is 256 g/mol. The maximum Gasteiger partial charge on any atom is 0.310 e. The Morgan fingerprint density at radius 2 is 2.15 bits per heavy atom. The van der Waals surface area contributed by atoms with Gasteiger partial charge in [0.25, 0.3) is 0 Å². The lowest BCUT2D eigenvalue weighted by Gasteiger charge is -2.10. The standard InChI is InChI=1S/C15H16N2O3/c16-12-3-1-2-10(8-12)4-7-14(18)17-13-6-5-11(9-13)15(19)20/h1-8,11,13H,9,16H2,(H,17,18)(H,19,20)/b7-4+. The van der Waals surface area contributed by atoms with Gasteiger partial charge in [0.1, 0.15) is 0 Å². The van der Waals surface area contributed by atoms with Crippen molar-refractivity contribution in [2.45, 2.75) is 12.5 Å². The molecule has 0 aliphatic heterocycles. The highest BCUT2D eigenvalue weighted by Crippen LogP contribution is 2.17. The van der Waals surface area contributed by atoms with Crippen LogP contribution in [-0.4, -0.2) is 23.0 Å². The predicted molar refractivity (Wildman–Crippen MR) is 76.7 cm³/mol. The maximum absolute atomic E-state index is 11.7. The van der Waals surface area contributed by atoms with Gasteiger partial charge in [-0.15, -0.1) is 0 Å². The van der Waals surface area contributed by atoms with Crippen LogP contribution in [0, 0.1) is 5.92 Å². The zero-order valence-electron chi connectivity index (χ0n) is 10.8. The van der Waals surface area contributed by atoms with Gasteiger partial charge in [-0.2, -0.15) is 0 Å². The normalized spacial score (nSPS) is 21.2. The molecule has 5 heteroatoms. The summed E-state index contributed by atoms with van der Waals surface area (Å²) in [6.07, 6.45) is 6.79. The third kappa shape index (κ3) is 3.71. The second-order valence-corrected chi connectivity index (χ2v) is 4.68. The molecule has 0 saturated heterocycles. The first-order chi connectivity index (χ1) is 9.54. The number of carbonyl (C=O) groups excluding carboxylic acids is 1. The van der Waals surface area contributed by atoms with Crippen molar-refractivity contribution < 1.29 is 14.7 Å². The number of hydrogen-bond donors (Lipinski definition) is 3. The second kappa shape index (κ2) is 6.06. The molecule has 0 spiro atoms. The van der Waals surface area contributed by atoms with Crippen LogP contribution in [0.4, 0.5) is 5.69 Å². The van der Waals surface area contributed by atoms with Crippen LogP contribution in [0.25, 0.3) is 6.08 Å². The van der Waals surface area contributed by atoms with E-state index in [-0.39, 0.29) is 11.9 Å². The first-order valence-corrected chi connectivity index (χ1v) is 6.30. The van der Waals surface area contributed by atoms with Crippen LogP contribution in [0.15, 0.2) is 42.5 Å². The molecule has 1 aliphatic rings. The van der Waals surface area contributed by atoms with Crippen LogP contribution in [0.3, 0.4) is 0 Å². The molecule has 1 aromatic rings. The minimum absolute atomic E-state index is 0.228. The molecular formula is C15H16N2O3. The smallest absolute Gasteiger partial charge is 0.310 e. The van der Waals surface area contributed by atoms with Gasteiger partial charge in [0.05, 0.1) is 5.92 Å². The number of carboxylic acids is 1. The summed E-state index contributed by atoms with van der Waals surface area (Å²) < 4.78 is 0. The van der Waals surface area contributed by atoms with Crippen molar-refractivity contribution in [3.05, 3.63) is 48.1 Å². The van der Waals surface area contributed by atoms with E-state index in [0.717, 1.165) is 5.56 Å². The van der Waals surface area contributed by atoms with Crippen molar-refractivity contribution >= 4 is 23.6 Å². The summed E-state index contributed by atoms with van der Waals surface area (Å²) in [5.74, 6) is -1.64. The number of benzene rings is 1. The van der Waals surface area contributed by atoms with E-state index in [1.54, 1.807) is 30.4 Å². The molecule has 0 aromatic heterocycles. The highest BCUT2D eigenvalue weighted by atomic mass is 16.4. The molecule has 0 heterocycles. The molecule has 2 unspecified atom stereocenters. The number of nitrogen functional groups attached to an aromatic ring is 1. The molecule has 104 valence electrons. The fourth-order valence-electron chi connectivity index (χ4n) is 2.05. The second-order valence-electron chi connectivity index (χ2n) is 4.68. The number of carboxylic acid groups (broad SMARTS) is 1. The van der Waals surface area contributed by atoms with Crippen LogP contribution in [0.2, 0.25) is 0 Å². The monoisotopic (exact) mass is 272 g/mol. The Balaban J connectivity index is 1.88. The molecule has 5 nitrogen and oxygen atoms in total. The van der Waals surface area contributed by atoms with E-state index in [1.807, 2.05) is 12.1 Å². The average molecular weight is 272 g/mol. The molecule has 0 radical (unpaired) electrons. The summed E-state index contributed by atoms with van der Waals surface area (Å²) in [6.45, 7) is 0. The molecule has 1 amide bonds. The Kier molecular flexibility index (Phi) is 4.20. The lowest BCUT2D eigenvalue weighted by Crippen LogP contribution is -2.31. The molecule has 0 saturated carbocycles. The number of nitrogens with one attached hydrogen (secondary N) is 1. The van der Waals surface area contributed by atoms with Crippen LogP contribution in [-0.2, 0) is 9.59 Å². The molecule has 2 rings (SSSR count). The van der Waals surface area contributed by atoms with E-state index >= 15 is 0 Å². The van der Waals surface area contributed by atoms with Gasteiger partial charge in [-0.3, -0.25) is 9.59 Å². The lowest BCUT2D eigenvalue weighted by molar-refractivity contribution is -0.140. The van der Waals surface area contributed by atoms with Gasteiger partial charge >= 0.3 is 5.97 Å². The average Bonchev–Trinajstić information content (AvgIpc) is 2.85. The van der Waals surface area contributed by atoms with Gasteiger partial charge in [-0.05, 0) is 30.2 Å². The Morgan fingerprint density at radius 3 is 2.80 bits per heavy atom. The van der Waals surface area contributed by atoms with Crippen LogP contribution < -0.4 is 11.1 Å². The van der Waals surface area contributed by atoms with Gasteiger partial charge in [-0.25, -0.2) is 0 Å². The first-order valence-electron chi connectivity index (χ1n) is 6.30. The fraction of sp³-hybridized carbons (Fsp3) is 0.200. The predicted octanol–water partition coefficient (Wildman–Crippen LogP) is 1.43. The quantitative estimate of drug-likeness (QED) is 0.439. The largest absolute Gasteiger partial charge is 0.481 e. The SMILES string of the molecule is Nc1cccc(/C=C/C(=O)NC2C=CC(C(=O)O)C2)c1. The topological polar surface area (TPSA) is 92.4 Å². The van der Waals surface area contributed by atoms with Crippen molar-refractivity contribution in [3.63, 3.8) is 0 Å². The zero-order chi connectivity index (χ0) is 14.5. The molecule has 2 atom stereocenters. The highest BCUT2D eigenvalue weighted by molar-refractivity contribution is 5.92. The summed E-state index contributed by atoms with van der Waals surface area (Å²) in [6, 6.07) is 6.96. The molecule has 4 N–H and O–H groups in total. The fourth-order valence-corrected chi connectivity index (χ4v) is 2.05. The zero-order valence-corrected chi connectivity index (χ0v) is 10.8. The third-order valence-corrected chi connectivity index (χ3v) is 3.07. The summed E-state index contributed by atoms with van der Waals surface area (Å²) in [5.41, 5.74) is 7.11. The number of aliphatic carboxylic acids is 1. The molecule has 20 heavy (non-hydrogen) atoms. The van der Waals surface area contributed by atoms with E-state index in [9.17, 15) is 9.59 Å². The Bertz CT molecular complexity index is 578. The Morgan fingerprint density at radius 1 is 1.35 bits per heavy atom. The van der Waals surface area contributed by atoms with Gasteiger partial charge < -0.3 is 16.2 Å². The number of anilines is 1. The highest BCUT2D eigenvalue weighted by Gasteiger charge is 2.24. The molecule has 0 fully saturated rings. The van der Waals surface area contributed by atoms with E-state index in [4.69, 9.17) is 10.8 Å². The van der Waals surface area contributed by atoms with E-state index in [0.29, 0.717) is 12.1 Å². The Labute approximate surface area is 116 Å². The first kappa shape index (κ1) is 13.9. The number of hydrogen-bond acceptors (Lipinski definition) is 3. The van der Waals surface area contributed by atoms with E-state index in [1.165, 1.54) is 6.08 Å². The van der Waals surface area contributed by atoms with Crippen LogP contribution >= 0.6 is 0 Å². The van der Waals surface area contributed by atoms with Crippen molar-refractivity contribution in [2.75, 3.05) is 5.73 Å². The number of nitrogens with two attached hydrogens (primary N) is 1. The number of amides is 1. The minimum atomic E-state index is -0.867. The maximum atomic E-state index is 11.7. The summed E-state index contributed by atoms with van der Waals surface area (Å²) in [5, 5.41) is 11.6. The van der Waals surface area contributed by atoms with Crippen molar-refractivity contribution in [1.82, 2.24) is 5.32 Å². The van der Waals surface area contributed by atoms with Crippen LogP contribution in [0.1, 0.15) is 12.0 Å². The van der Waals surface area contributed by atoms with Gasteiger partial charge in [0.15, 0.2) is 0 Å². The van der Waals surface area contributed by atoms with E-state index in [2.05, 4.69) is 5.32 Å². The van der Waals surface area contributed by atoms with Gasteiger partial charge in [-0.1, -0.05) is 24.3 Å². The van der Waals surface area contributed by atoms with Crippen molar-refractivity contribution in [1.29, 1.82) is 0 Å². The van der Waals surface area contributed by atoms with Gasteiger partial charge in [0.2, 0.25) is 5.91 Å². The van der Waals surface area contributed by atoms with Crippen molar-refractivity contribution in [3.8, 4) is 0 Å². The van der Waals surface area contributed by atoms with Crippen molar-refractivity contribution in [2.24, 2.45) is 5.92 Å². The summed E-state index contributed by atoms with van der Waals surface area (Å²) >= 11 is 0. The summed E-state index contributed by atoms with van der Waals surface area (Å²) in [4.78, 5) is 22.5. The number of rotatable bonds is 4. The summed E-state index contributed by atoms with van der Waals surface area (Å²) in [7, 11) is 0. The van der Waals surface area contributed by atoms with Gasteiger partial charge in [0, 0.05) is 17.8 Å². The molecule has 0 bridgehead atoms. The lowest BCUT2D eigenvalue weighted by atomic mass is 10.1.